The van der Waals surface area contributed by atoms with E-state index in [1.54, 1.807) is 37.3 Å². The van der Waals surface area contributed by atoms with Crippen LogP contribution >= 0.6 is 0 Å². The van der Waals surface area contributed by atoms with E-state index in [4.69, 9.17) is 10.6 Å². The zero-order valence-corrected chi connectivity index (χ0v) is 11.2. The van der Waals surface area contributed by atoms with E-state index in [1.807, 2.05) is 0 Å². The average molecular weight is 273 g/mol. The SMILES string of the molecule is COc1cc(C)nc(NC(=O)c2ccccc2NN)n1. The summed E-state index contributed by atoms with van der Waals surface area (Å²) in [5.41, 5.74) is 4.08. The minimum atomic E-state index is -0.355. The molecule has 1 aromatic carbocycles. The molecule has 0 atom stereocenters. The van der Waals surface area contributed by atoms with Gasteiger partial charge in [-0.05, 0) is 19.1 Å². The van der Waals surface area contributed by atoms with Crippen molar-refractivity contribution in [3.8, 4) is 5.88 Å². The molecule has 1 aromatic heterocycles. The van der Waals surface area contributed by atoms with Crippen molar-refractivity contribution in [1.29, 1.82) is 0 Å². The molecule has 4 N–H and O–H groups in total. The van der Waals surface area contributed by atoms with Crippen LogP contribution in [0.25, 0.3) is 0 Å². The second kappa shape index (κ2) is 5.98. The minimum Gasteiger partial charge on any atom is -0.481 e. The number of aromatic nitrogens is 2. The number of hydrogen-bond donors (Lipinski definition) is 3. The standard InChI is InChI=1S/C13H15N5O2/c1-8-7-11(20-2)16-13(15-8)17-12(19)9-5-3-4-6-10(9)18-14/h3-7,18H,14H2,1-2H3,(H,15,16,17,19). The average Bonchev–Trinajstić information content (AvgIpc) is 2.46. The third-order valence-electron chi connectivity index (χ3n) is 2.59. The van der Waals surface area contributed by atoms with Crippen LogP contribution in [-0.2, 0) is 0 Å². The summed E-state index contributed by atoms with van der Waals surface area (Å²) >= 11 is 0. The summed E-state index contributed by atoms with van der Waals surface area (Å²) in [4.78, 5) is 20.4. The van der Waals surface area contributed by atoms with Gasteiger partial charge in [0.1, 0.15) is 0 Å². The summed E-state index contributed by atoms with van der Waals surface area (Å²) in [6, 6.07) is 8.54. The molecule has 0 bridgehead atoms. The quantitative estimate of drug-likeness (QED) is 0.573. The van der Waals surface area contributed by atoms with Gasteiger partial charge in [-0.25, -0.2) is 4.98 Å². The molecule has 1 heterocycles. The number of ether oxygens (including phenoxy) is 1. The minimum absolute atomic E-state index is 0.179. The second-order valence-corrected chi connectivity index (χ2v) is 4.02. The molecule has 104 valence electrons. The van der Waals surface area contributed by atoms with Gasteiger partial charge in [0.25, 0.3) is 5.91 Å². The van der Waals surface area contributed by atoms with Crippen molar-refractivity contribution in [2.24, 2.45) is 5.84 Å². The summed E-state index contributed by atoms with van der Waals surface area (Å²) in [6.45, 7) is 1.79. The lowest BCUT2D eigenvalue weighted by Gasteiger charge is -2.09. The molecule has 0 spiro atoms. The van der Waals surface area contributed by atoms with E-state index in [-0.39, 0.29) is 11.9 Å². The summed E-state index contributed by atoms with van der Waals surface area (Å²) < 4.78 is 5.03. The van der Waals surface area contributed by atoms with Gasteiger partial charge in [0.15, 0.2) is 0 Å². The first-order valence-electron chi connectivity index (χ1n) is 5.90. The van der Waals surface area contributed by atoms with Gasteiger partial charge in [0, 0.05) is 11.8 Å². The first kappa shape index (κ1) is 13.8. The van der Waals surface area contributed by atoms with Gasteiger partial charge in [-0.3, -0.25) is 16.0 Å². The number of amides is 1. The van der Waals surface area contributed by atoms with Gasteiger partial charge in [-0.15, -0.1) is 0 Å². The Hall–Kier alpha value is -2.67. The predicted molar refractivity (Wildman–Crippen MR) is 75.5 cm³/mol. The Kier molecular flexibility index (Phi) is 4.11. The molecule has 7 nitrogen and oxygen atoms in total. The maximum atomic E-state index is 12.2. The highest BCUT2D eigenvalue weighted by Gasteiger charge is 2.12. The molecule has 0 fully saturated rings. The van der Waals surface area contributed by atoms with E-state index >= 15 is 0 Å². The molecule has 2 rings (SSSR count). The Labute approximate surface area is 116 Å². The van der Waals surface area contributed by atoms with Crippen molar-refractivity contribution in [3.05, 3.63) is 41.6 Å². The summed E-state index contributed by atoms with van der Waals surface area (Å²) in [6.07, 6.45) is 0. The third kappa shape index (κ3) is 3.01. The fourth-order valence-electron chi connectivity index (χ4n) is 1.68. The van der Waals surface area contributed by atoms with Crippen LogP contribution < -0.4 is 21.3 Å². The van der Waals surface area contributed by atoms with Gasteiger partial charge in [-0.2, -0.15) is 4.98 Å². The zero-order valence-electron chi connectivity index (χ0n) is 11.2. The zero-order chi connectivity index (χ0) is 14.5. The first-order chi connectivity index (χ1) is 9.63. The van der Waals surface area contributed by atoms with Crippen LogP contribution in [0.1, 0.15) is 16.1 Å². The summed E-state index contributed by atoms with van der Waals surface area (Å²) in [5, 5.41) is 2.61. The number of benzene rings is 1. The molecule has 0 aliphatic rings. The number of carbonyl (C=O) groups is 1. The molecule has 0 saturated heterocycles. The van der Waals surface area contributed by atoms with Crippen LogP contribution in [0.4, 0.5) is 11.6 Å². The maximum Gasteiger partial charge on any atom is 0.260 e. The van der Waals surface area contributed by atoms with E-state index in [0.717, 1.165) is 0 Å². The molecule has 0 aliphatic heterocycles. The number of nitrogens with two attached hydrogens (primary N) is 1. The number of para-hydroxylation sites is 1. The van der Waals surface area contributed by atoms with Crippen LogP contribution in [0.15, 0.2) is 30.3 Å². The smallest absolute Gasteiger partial charge is 0.260 e. The number of carbonyl (C=O) groups excluding carboxylic acids is 1. The molecule has 20 heavy (non-hydrogen) atoms. The Morgan fingerprint density at radius 1 is 1.30 bits per heavy atom. The number of hydrazine groups is 1. The number of nitrogen functional groups attached to an aromatic ring is 1. The highest BCUT2D eigenvalue weighted by atomic mass is 16.5. The van der Waals surface area contributed by atoms with Crippen LogP contribution in [-0.4, -0.2) is 23.0 Å². The van der Waals surface area contributed by atoms with Gasteiger partial charge >= 0.3 is 0 Å². The van der Waals surface area contributed by atoms with Crippen LogP contribution in [0.5, 0.6) is 5.88 Å². The Bertz CT molecular complexity index is 630. The number of rotatable bonds is 4. The molecule has 0 aliphatic carbocycles. The van der Waals surface area contributed by atoms with Gasteiger partial charge in [-0.1, -0.05) is 12.1 Å². The predicted octanol–water partition coefficient (Wildman–Crippen LogP) is 1.33. The third-order valence-corrected chi connectivity index (χ3v) is 2.59. The summed E-state index contributed by atoms with van der Waals surface area (Å²) in [5.74, 6) is 5.58. The molecule has 0 unspecified atom stereocenters. The van der Waals surface area contributed by atoms with Gasteiger partial charge < -0.3 is 10.2 Å². The second-order valence-electron chi connectivity index (χ2n) is 4.02. The van der Waals surface area contributed by atoms with E-state index in [9.17, 15) is 4.79 Å². The summed E-state index contributed by atoms with van der Waals surface area (Å²) in [7, 11) is 1.50. The number of nitrogens with one attached hydrogen (secondary N) is 2. The fourth-order valence-corrected chi connectivity index (χ4v) is 1.68. The van der Waals surface area contributed by atoms with Crippen LogP contribution in [0.2, 0.25) is 0 Å². The molecular weight excluding hydrogens is 258 g/mol. The largest absolute Gasteiger partial charge is 0.481 e. The van der Waals surface area contributed by atoms with Crippen molar-refractivity contribution >= 4 is 17.5 Å². The lowest BCUT2D eigenvalue weighted by atomic mass is 10.1. The Balaban J connectivity index is 2.25. The Morgan fingerprint density at radius 2 is 2.05 bits per heavy atom. The van der Waals surface area contributed by atoms with E-state index < -0.39 is 0 Å². The number of aryl methyl sites for hydroxylation is 1. The van der Waals surface area contributed by atoms with Crippen molar-refractivity contribution in [1.82, 2.24) is 9.97 Å². The Morgan fingerprint density at radius 3 is 2.75 bits per heavy atom. The normalized spacial score (nSPS) is 9.95. The molecule has 0 saturated carbocycles. The number of methoxy groups -OCH3 is 1. The number of anilines is 2. The molecule has 0 radical (unpaired) electrons. The molecule has 1 amide bonds. The first-order valence-corrected chi connectivity index (χ1v) is 5.90. The van der Waals surface area contributed by atoms with Crippen LogP contribution in [0.3, 0.4) is 0 Å². The molecular formula is C13H15N5O2. The lowest BCUT2D eigenvalue weighted by Crippen LogP contribution is -2.18. The van der Waals surface area contributed by atoms with Crippen molar-refractivity contribution in [2.45, 2.75) is 6.92 Å². The lowest BCUT2D eigenvalue weighted by molar-refractivity contribution is 0.102. The van der Waals surface area contributed by atoms with E-state index in [1.165, 1.54) is 7.11 Å². The molecule has 7 heteroatoms. The van der Waals surface area contributed by atoms with Crippen molar-refractivity contribution in [2.75, 3.05) is 17.9 Å². The number of hydrogen-bond acceptors (Lipinski definition) is 6. The van der Waals surface area contributed by atoms with Gasteiger partial charge in [0.05, 0.1) is 18.4 Å². The maximum absolute atomic E-state index is 12.2. The molecule has 2 aromatic rings. The van der Waals surface area contributed by atoms with Crippen LogP contribution in [0, 0.1) is 6.92 Å². The van der Waals surface area contributed by atoms with E-state index in [2.05, 4.69) is 20.7 Å². The van der Waals surface area contributed by atoms with Crippen molar-refractivity contribution < 1.29 is 9.53 Å². The van der Waals surface area contributed by atoms with Gasteiger partial charge in [0.2, 0.25) is 11.8 Å². The van der Waals surface area contributed by atoms with Crippen molar-refractivity contribution in [3.63, 3.8) is 0 Å². The topological polar surface area (TPSA) is 102 Å². The van der Waals surface area contributed by atoms with E-state index in [0.29, 0.717) is 22.8 Å². The highest BCUT2D eigenvalue weighted by molar-refractivity contribution is 6.07. The fraction of sp³-hybridized carbons (Fsp3) is 0.154. The highest BCUT2D eigenvalue weighted by Crippen LogP contribution is 2.16. The number of nitrogens with zero attached hydrogens (tertiary/aromatic N) is 2. The monoisotopic (exact) mass is 273 g/mol.